The number of fused-ring (bicyclic) bond motifs is 1. The molecular weight excluding hydrogens is 262 g/mol. The highest BCUT2D eigenvalue weighted by molar-refractivity contribution is 5.86. The van der Waals surface area contributed by atoms with E-state index in [4.69, 9.17) is 0 Å². The van der Waals surface area contributed by atoms with Crippen molar-refractivity contribution in [3.05, 3.63) is 29.8 Å². The smallest absolute Gasteiger partial charge is 0.230 e. The number of rotatable bonds is 2. The minimum absolute atomic E-state index is 0.0509. The van der Waals surface area contributed by atoms with Gasteiger partial charge in [-0.1, -0.05) is 18.2 Å². The van der Waals surface area contributed by atoms with Crippen LogP contribution in [0.4, 0.5) is 5.69 Å². The summed E-state index contributed by atoms with van der Waals surface area (Å²) in [5.74, 6) is 0.384. The van der Waals surface area contributed by atoms with Crippen molar-refractivity contribution in [2.45, 2.75) is 31.2 Å². The third-order valence-electron chi connectivity index (χ3n) is 5.07. The fraction of sp³-hybridized carbons (Fsp3) is 0.588. The van der Waals surface area contributed by atoms with E-state index in [2.05, 4.69) is 27.2 Å². The Balaban J connectivity index is 1.46. The van der Waals surface area contributed by atoms with Crippen LogP contribution in [0.15, 0.2) is 24.3 Å². The van der Waals surface area contributed by atoms with Gasteiger partial charge < -0.3 is 10.2 Å². The molecule has 0 aromatic heterocycles. The van der Waals surface area contributed by atoms with Crippen molar-refractivity contribution in [1.82, 2.24) is 9.80 Å². The molecule has 3 aliphatic rings. The second-order valence-electron chi connectivity index (χ2n) is 6.45. The molecule has 2 aliphatic heterocycles. The van der Waals surface area contributed by atoms with E-state index in [0.29, 0.717) is 5.91 Å². The fourth-order valence-corrected chi connectivity index (χ4v) is 3.69. The average Bonchev–Trinajstić information content (AvgIpc) is 3.39. The summed E-state index contributed by atoms with van der Waals surface area (Å²) in [6.45, 7) is 4.82. The van der Waals surface area contributed by atoms with Crippen LogP contribution in [0, 0.1) is 0 Å². The van der Waals surface area contributed by atoms with E-state index in [1.165, 1.54) is 18.4 Å². The summed E-state index contributed by atoms with van der Waals surface area (Å²) in [6, 6.07) is 9.08. The lowest BCUT2D eigenvalue weighted by atomic mass is 9.89. The molecule has 4 rings (SSSR count). The molecule has 1 amide bonds. The van der Waals surface area contributed by atoms with Gasteiger partial charge in [0.15, 0.2) is 0 Å². The van der Waals surface area contributed by atoms with Crippen LogP contribution in [-0.4, -0.2) is 54.5 Å². The van der Waals surface area contributed by atoms with Gasteiger partial charge in [0, 0.05) is 44.5 Å². The van der Waals surface area contributed by atoms with Crippen LogP contribution in [0.25, 0.3) is 0 Å². The van der Waals surface area contributed by atoms with E-state index in [1.54, 1.807) is 0 Å². The van der Waals surface area contributed by atoms with Gasteiger partial charge in [0.1, 0.15) is 0 Å². The van der Waals surface area contributed by atoms with Crippen LogP contribution in [0.2, 0.25) is 0 Å². The molecule has 2 fully saturated rings. The molecule has 1 unspecified atom stereocenters. The first kappa shape index (κ1) is 13.1. The molecular formula is C17H23N3O. The summed E-state index contributed by atoms with van der Waals surface area (Å²) in [6.07, 6.45) is 3.63. The highest BCUT2D eigenvalue weighted by Gasteiger charge is 2.35. The van der Waals surface area contributed by atoms with Crippen LogP contribution in [0.1, 0.15) is 30.7 Å². The molecule has 0 spiro atoms. The molecule has 1 aromatic rings. The Kier molecular flexibility index (Phi) is 3.34. The van der Waals surface area contributed by atoms with Gasteiger partial charge in [0.05, 0.1) is 5.92 Å². The number of piperazine rings is 1. The van der Waals surface area contributed by atoms with Gasteiger partial charge in [-0.25, -0.2) is 0 Å². The van der Waals surface area contributed by atoms with Crippen molar-refractivity contribution in [2.24, 2.45) is 0 Å². The van der Waals surface area contributed by atoms with Gasteiger partial charge in [-0.15, -0.1) is 0 Å². The molecule has 2 heterocycles. The van der Waals surface area contributed by atoms with Gasteiger partial charge in [-0.3, -0.25) is 9.69 Å². The summed E-state index contributed by atoms with van der Waals surface area (Å²) < 4.78 is 0. The Bertz CT molecular complexity index is 533. The molecule has 0 bridgehead atoms. The predicted octanol–water partition coefficient (Wildman–Crippen LogP) is 1.89. The van der Waals surface area contributed by atoms with Gasteiger partial charge in [0.25, 0.3) is 0 Å². The first-order chi connectivity index (χ1) is 10.3. The number of carbonyl (C=O) groups is 1. The molecule has 21 heavy (non-hydrogen) atoms. The standard InChI is InChI=1S/C17H23N3O/c21-17(20-11-9-19(10-12-20)13-5-6-13)15-7-8-18-16-4-2-1-3-14(15)16/h1-4,13,15,18H,5-12H2. The molecule has 4 heteroatoms. The minimum atomic E-state index is 0.0509. The van der Waals surface area contributed by atoms with E-state index in [0.717, 1.165) is 50.9 Å². The fourth-order valence-electron chi connectivity index (χ4n) is 3.69. The summed E-state index contributed by atoms with van der Waals surface area (Å²) in [4.78, 5) is 17.5. The average molecular weight is 285 g/mol. The molecule has 4 nitrogen and oxygen atoms in total. The summed E-state index contributed by atoms with van der Waals surface area (Å²) >= 11 is 0. The Morgan fingerprint density at radius 3 is 2.57 bits per heavy atom. The molecule has 112 valence electrons. The number of amides is 1. The van der Waals surface area contributed by atoms with Crippen molar-refractivity contribution in [3.63, 3.8) is 0 Å². The zero-order chi connectivity index (χ0) is 14.2. The molecule has 1 saturated heterocycles. The highest BCUT2D eigenvalue weighted by Crippen LogP contribution is 2.33. The van der Waals surface area contributed by atoms with Crippen LogP contribution in [0.3, 0.4) is 0 Å². The summed E-state index contributed by atoms with van der Waals surface area (Å²) in [7, 11) is 0. The van der Waals surface area contributed by atoms with E-state index in [9.17, 15) is 4.79 Å². The molecule has 0 radical (unpaired) electrons. The maximum Gasteiger partial charge on any atom is 0.230 e. The van der Waals surface area contributed by atoms with E-state index in [-0.39, 0.29) is 5.92 Å². The second kappa shape index (κ2) is 5.34. The molecule has 1 N–H and O–H groups in total. The second-order valence-corrected chi connectivity index (χ2v) is 6.45. The maximum absolute atomic E-state index is 12.9. The van der Waals surface area contributed by atoms with Crippen LogP contribution in [0.5, 0.6) is 0 Å². The Morgan fingerprint density at radius 2 is 1.81 bits per heavy atom. The third-order valence-corrected chi connectivity index (χ3v) is 5.07. The maximum atomic E-state index is 12.9. The SMILES string of the molecule is O=C(C1CCNc2ccccc21)N1CCN(C2CC2)CC1. The lowest BCUT2D eigenvalue weighted by Crippen LogP contribution is -2.50. The van der Waals surface area contributed by atoms with Gasteiger partial charge in [-0.2, -0.15) is 0 Å². The number of nitrogens with zero attached hydrogens (tertiary/aromatic N) is 2. The molecule has 1 atom stereocenters. The monoisotopic (exact) mass is 285 g/mol. The number of hydrogen-bond acceptors (Lipinski definition) is 3. The topological polar surface area (TPSA) is 35.6 Å². The summed E-state index contributed by atoms with van der Waals surface area (Å²) in [5, 5.41) is 3.40. The number of carbonyl (C=O) groups excluding carboxylic acids is 1. The lowest BCUT2D eigenvalue weighted by molar-refractivity contribution is -0.134. The molecule has 1 aromatic carbocycles. The van der Waals surface area contributed by atoms with Crippen molar-refractivity contribution < 1.29 is 4.79 Å². The third kappa shape index (κ3) is 2.53. The van der Waals surface area contributed by atoms with Crippen molar-refractivity contribution in [1.29, 1.82) is 0 Å². The largest absolute Gasteiger partial charge is 0.385 e. The number of nitrogens with one attached hydrogen (secondary N) is 1. The Morgan fingerprint density at radius 1 is 1.05 bits per heavy atom. The summed E-state index contributed by atoms with van der Waals surface area (Å²) in [5.41, 5.74) is 2.32. The number of para-hydroxylation sites is 1. The molecule has 1 aliphatic carbocycles. The normalized spacial score (nSPS) is 26.1. The van der Waals surface area contributed by atoms with Gasteiger partial charge in [-0.05, 0) is 30.9 Å². The van der Waals surface area contributed by atoms with E-state index in [1.807, 2.05) is 12.1 Å². The van der Waals surface area contributed by atoms with Crippen LogP contribution >= 0.6 is 0 Å². The van der Waals surface area contributed by atoms with E-state index < -0.39 is 0 Å². The minimum Gasteiger partial charge on any atom is -0.385 e. The number of benzene rings is 1. The molecule has 1 saturated carbocycles. The van der Waals surface area contributed by atoms with Crippen LogP contribution in [-0.2, 0) is 4.79 Å². The predicted molar refractivity (Wildman–Crippen MR) is 83.5 cm³/mol. The highest BCUT2D eigenvalue weighted by atomic mass is 16.2. The zero-order valence-corrected chi connectivity index (χ0v) is 12.4. The lowest BCUT2D eigenvalue weighted by Gasteiger charge is -2.37. The first-order valence-electron chi connectivity index (χ1n) is 8.18. The van der Waals surface area contributed by atoms with Crippen molar-refractivity contribution in [2.75, 3.05) is 38.0 Å². The zero-order valence-electron chi connectivity index (χ0n) is 12.4. The van der Waals surface area contributed by atoms with E-state index >= 15 is 0 Å². The van der Waals surface area contributed by atoms with Crippen molar-refractivity contribution in [3.8, 4) is 0 Å². The van der Waals surface area contributed by atoms with Crippen molar-refractivity contribution >= 4 is 11.6 Å². The quantitative estimate of drug-likeness (QED) is 0.901. The Labute approximate surface area is 126 Å². The number of anilines is 1. The first-order valence-corrected chi connectivity index (χ1v) is 8.18. The van der Waals surface area contributed by atoms with Crippen LogP contribution < -0.4 is 5.32 Å². The number of hydrogen-bond donors (Lipinski definition) is 1. The van der Waals surface area contributed by atoms with Gasteiger partial charge in [0.2, 0.25) is 5.91 Å². The Hall–Kier alpha value is -1.55. The van der Waals surface area contributed by atoms with Gasteiger partial charge >= 0.3 is 0 Å².